The van der Waals surface area contributed by atoms with Crippen molar-refractivity contribution in [2.24, 2.45) is 17.8 Å². The third kappa shape index (κ3) is 1.98. The van der Waals surface area contributed by atoms with Crippen molar-refractivity contribution in [1.82, 2.24) is 16.0 Å². The van der Waals surface area contributed by atoms with Crippen LogP contribution in [0.1, 0.15) is 6.42 Å². The number of carbonyl (C=O) groups is 1. The van der Waals surface area contributed by atoms with Gasteiger partial charge in [-0.15, -0.1) is 12.4 Å². The van der Waals surface area contributed by atoms with Crippen molar-refractivity contribution in [3.8, 4) is 0 Å². The first-order valence-corrected chi connectivity index (χ1v) is 5.58. The third-order valence-electron chi connectivity index (χ3n) is 3.83. The first-order chi connectivity index (χ1) is 6.86. The summed E-state index contributed by atoms with van der Waals surface area (Å²) in [5.74, 6) is 1.96. The molecule has 1 aliphatic carbocycles. The Morgan fingerprint density at radius 3 is 2.47 bits per heavy atom. The quantitative estimate of drug-likeness (QED) is 0.592. The van der Waals surface area contributed by atoms with Crippen molar-refractivity contribution in [1.29, 1.82) is 0 Å². The second kappa shape index (κ2) is 4.28. The van der Waals surface area contributed by atoms with Gasteiger partial charge in [0, 0.05) is 25.7 Å². The molecule has 0 aromatic heterocycles. The van der Waals surface area contributed by atoms with E-state index in [2.05, 4.69) is 16.0 Å². The van der Waals surface area contributed by atoms with Crippen molar-refractivity contribution in [2.75, 3.05) is 26.2 Å². The summed E-state index contributed by atoms with van der Waals surface area (Å²) in [7, 11) is 0. The lowest BCUT2D eigenvalue weighted by molar-refractivity contribution is -0.124. The van der Waals surface area contributed by atoms with Gasteiger partial charge in [0.15, 0.2) is 0 Å². The largest absolute Gasteiger partial charge is 0.352 e. The second-order valence-electron chi connectivity index (χ2n) is 4.71. The molecule has 1 amide bonds. The van der Waals surface area contributed by atoms with E-state index in [0.717, 1.165) is 44.4 Å². The van der Waals surface area contributed by atoms with Crippen molar-refractivity contribution >= 4 is 18.3 Å². The van der Waals surface area contributed by atoms with Crippen LogP contribution >= 0.6 is 12.4 Å². The summed E-state index contributed by atoms with van der Waals surface area (Å²) >= 11 is 0. The van der Waals surface area contributed by atoms with Gasteiger partial charge >= 0.3 is 0 Å². The fourth-order valence-electron chi connectivity index (χ4n) is 2.79. The molecule has 0 bridgehead atoms. The van der Waals surface area contributed by atoms with E-state index in [-0.39, 0.29) is 24.2 Å². The van der Waals surface area contributed by atoms with Crippen LogP contribution in [0.5, 0.6) is 0 Å². The molecule has 0 radical (unpaired) electrons. The predicted molar refractivity (Wildman–Crippen MR) is 60.0 cm³/mol. The lowest BCUT2D eigenvalue weighted by atomic mass is 10.1. The molecule has 0 aromatic carbocycles. The van der Waals surface area contributed by atoms with E-state index in [9.17, 15) is 4.79 Å². The van der Waals surface area contributed by atoms with E-state index in [4.69, 9.17) is 0 Å². The number of hydrogen-bond donors (Lipinski definition) is 3. The smallest absolute Gasteiger partial charge is 0.224 e. The summed E-state index contributed by atoms with van der Waals surface area (Å²) in [4.78, 5) is 11.8. The number of rotatable bonds is 2. The predicted octanol–water partition coefficient (Wildman–Crippen LogP) is -0.648. The molecule has 3 aliphatic rings. The van der Waals surface area contributed by atoms with Crippen LogP contribution in [0.25, 0.3) is 0 Å². The van der Waals surface area contributed by atoms with Crippen LogP contribution in [-0.2, 0) is 4.79 Å². The van der Waals surface area contributed by atoms with Gasteiger partial charge in [-0.1, -0.05) is 0 Å². The Balaban J connectivity index is 0.000000853. The number of amides is 1. The molecule has 4 nitrogen and oxygen atoms in total. The SMILES string of the molecule is Cl.O=C(NC1C2CNCC21)C1CCNC1. The number of piperidine rings is 1. The maximum Gasteiger partial charge on any atom is 0.224 e. The molecule has 86 valence electrons. The van der Waals surface area contributed by atoms with Crippen LogP contribution in [0.15, 0.2) is 0 Å². The Morgan fingerprint density at radius 1 is 1.13 bits per heavy atom. The number of halogens is 1. The Morgan fingerprint density at radius 2 is 1.87 bits per heavy atom. The summed E-state index contributed by atoms with van der Waals surface area (Å²) in [6.07, 6.45) is 1.01. The van der Waals surface area contributed by atoms with E-state index in [1.54, 1.807) is 0 Å². The van der Waals surface area contributed by atoms with Gasteiger partial charge < -0.3 is 16.0 Å². The molecule has 1 saturated carbocycles. The van der Waals surface area contributed by atoms with Gasteiger partial charge in [-0.25, -0.2) is 0 Å². The fraction of sp³-hybridized carbons (Fsp3) is 0.900. The van der Waals surface area contributed by atoms with Crippen molar-refractivity contribution in [2.45, 2.75) is 12.5 Å². The van der Waals surface area contributed by atoms with Crippen LogP contribution in [0.4, 0.5) is 0 Å². The normalized spacial score (nSPS) is 41.9. The van der Waals surface area contributed by atoms with Crippen LogP contribution in [-0.4, -0.2) is 38.1 Å². The first kappa shape index (κ1) is 11.2. The molecule has 2 saturated heterocycles. The average molecular weight is 232 g/mol. The zero-order valence-corrected chi connectivity index (χ0v) is 9.48. The number of nitrogens with one attached hydrogen (secondary N) is 3. The molecule has 2 aliphatic heterocycles. The van der Waals surface area contributed by atoms with E-state index < -0.39 is 0 Å². The Kier molecular flexibility index (Phi) is 3.19. The van der Waals surface area contributed by atoms with Gasteiger partial charge in [-0.3, -0.25) is 4.79 Å². The highest BCUT2D eigenvalue weighted by Crippen LogP contribution is 2.41. The minimum absolute atomic E-state index is 0. The Labute approximate surface area is 96.0 Å². The van der Waals surface area contributed by atoms with Crippen LogP contribution in [0.2, 0.25) is 0 Å². The van der Waals surface area contributed by atoms with Crippen LogP contribution in [0, 0.1) is 17.8 Å². The minimum atomic E-state index is 0. The van der Waals surface area contributed by atoms with E-state index in [1.807, 2.05) is 0 Å². The molecule has 3 atom stereocenters. The van der Waals surface area contributed by atoms with E-state index >= 15 is 0 Å². The molecule has 3 rings (SSSR count). The van der Waals surface area contributed by atoms with Gasteiger partial charge in [0.1, 0.15) is 0 Å². The molecular formula is C10H18ClN3O. The summed E-state index contributed by atoms with van der Waals surface area (Å²) in [6, 6.07) is 0.490. The third-order valence-corrected chi connectivity index (χ3v) is 3.83. The Hall–Kier alpha value is -0.320. The molecule has 3 unspecified atom stereocenters. The topological polar surface area (TPSA) is 53.2 Å². The van der Waals surface area contributed by atoms with Crippen molar-refractivity contribution in [3.05, 3.63) is 0 Å². The standard InChI is InChI=1S/C10H17N3O.ClH/c14-10(6-1-2-11-3-6)13-9-7-4-12-5-8(7)9;/h6-9,11-12H,1-5H2,(H,13,14);1H. The molecule has 2 heterocycles. The highest BCUT2D eigenvalue weighted by atomic mass is 35.5. The van der Waals surface area contributed by atoms with Crippen LogP contribution < -0.4 is 16.0 Å². The minimum Gasteiger partial charge on any atom is -0.352 e. The lowest BCUT2D eigenvalue weighted by Gasteiger charge is -2.11. The van der Waals surface area contributed by atoms with Gasteiger partial charge in [-0.05, 0) is 24.8 Å². The molecule has 3 N–H and O–H groups in total. The van der Waals surface area contributed by atoms with E-state index in [0.29, 0.717) is 6.04 Å². The van der Waals surface area contributed by atoms with Gasteiger partial charge in [0.25, 0.3) is 0 Å². The molecule has 5 heteroatoms. The lowest BCUT2D eigenvalue weighted by Crippen LogP contribution is -2.37. The van der Waals surface area contributed by atoms with Crippen molar-refractivity contribution < 1.29 is 4.79 Å². The zero-order valence-electron chi connectivity index (χ0n) is 8.66. The summed E-state index contributed by atoms with van der Waals surface area (Å²) < 4.78 is 0. The highest BCUT2D eigenvalue weighted by molar-refractivity contribution is 5.85. The number of hydrogen-bond acceptors (Lipinski definition) is 3. The first-order valence-electron chi connectivity index (χ1n) is 5.58. The number of carbonyl (C=O) groups excluding carboxylic acids is 1. The Bertz CT molecular complexity index is 245. The van der Waals surface area contributed by atoms with Crippen LogP contribution in [0.3, 0.4) is 0 Å². The second-order valence-corrected chi connectivity index (χ2v) is 4.71. The van der Waals surface area contributed by atoms with Gasteiger partial charge in [0.2, 0.25) is 5.91 Å². The molecule has 15 heavy (non-hydrogen) atoms. The molecule has 0 spiro atoms. The van der Waals surface area contributed by atoms with E-state index in [1.165, 1.54) is 0 Å². The zero-order chi connectivity index (χ0) is 9.54. The summed E-state index contributed by atoms with van der Waals surface area (Å²) in [5.41, 5.74) is 0. The van der Waals surface area contributed by atoms with Gasteiger partial charge in [-0.2, -0.15) is 0 Å². The molecule has 0 aromatic rings. The summed E-state index contributed by atoms with van der Waals surface area (Å²) in [5, 5.41) is 9.73. The summed E-state index contributed by atoms with van der Waals surface area (Å²) in [6.45, 7) is 4.06. The maximum atomic E-state index is 11.8. The molecule has 3 fully saturated rings. The highest BCUT2D eigenvalue weighted by Gasteiger charge is 2.53. The fourth-order valence-corrected chi connectivity index (χ4v) is 2.79. The monoisotopic (exact) mass is 231 g/mol. The molecular weight excluding hydrogens is 214 g/mol. The van der Waals surface area contributed by atoms with Crippen molar-refractivity contribution in [3.63, 3.8) is 0 Å². The maximum absolute atomic E-state index is 11.8. The average Bonchev–Trinajstić information content (AvgIpc) is 2.75. The van der Waals surface area contributed by atoms with Gasteiger partial charge in [0.05, 0.1) is 5.92 Å². The number of fused-ring (bicyclic) bond motifs is 1.